The summed E-state index contributed by atoms with van der Waals surface area (Å²) in [6, 6.07) is 3.34. The summed E-state index contributed by atoms with van der Waals surface area (Å²) in [6.45, 7) is 3.20. The lowest BCUT2D eigenvalue weighted by Gasteiger charge is -2.06. The van der Waals surface area contributed by atoms with Gasteiger partial charge in [0.25, 0.3) is 5.69 Å². The zero-order chi connectivity index (χ0) is 13.8. The Morgan fingerprint density at radius 3 is 2.95 bits per heavy atom. The molecule has 0 saturated heterocycles. The molecule has 0 fully saturated rings. The molecule has 6 nitrogen and oxygen atoms in total. The lowest BCUT2D eigenvalue weighted by Crippen LogP contribution is -2.07. The second kappa shape index (κ2) is 5.94. The van der Waals surface area contributed by atoms with Gasteiger partial charge in [0.1, 0.15) is 5.69 Å². The van der Waals surface area contributed by atoms with Crippen LogP contribution >= 0.6 is 11.3 Å². The van der Waals surface area contributed by atoms with Crippen molar-refractivity contribution >= 4 is 32.9 Å². The smallest absolute Gasteiger partial charge is 0.293 e. The number of benzene rings is 1. The number of nitrogens with two attached hydrogens (primary N) is 1. The normalized spacial score (nSPS) is 10.8. The third-order valence-corrected chi connectivity index (χ3v) is 3.69. The predicted molar refractivity (Wildman–Crippen MR) is 77.8 cm³/mol. The molecule has 0 spiro atoms. The maximum atomic E-state index is 11.1. The van der Waals surface area contributed by atoms with Crippen LogP contribution < -0.4 is 11.1 Å². The minimum Gasteiger partial charge on any atom is -0.379 e. The van der Waals surface area contributed by atoms with Gasteiger partial charge in [0.05, 0.1) is 20.1 Å². The van der Waals surface area contributed by atoms with Crippen LogP contribution in [-0.4, -0.2) is 23.0 Å². The number of hydrogen-bond acceptors (Lipinski definition) is 6. The molecule has 0 amide bonds. The van der Waals surface area contributed by atoms with E-state index in [-0.39, 0.29) is 10.6 Å². The van der Waals surface area contributed by atoms with E-state index in [1.807, 2.05) is 6.92 Å². The highest BCUT2D eigenvalue weighted by atomic mass is 32.1. The molecule has 2 aromatic rings. The van der Waals surface area contributed by atoms with Crippen LogP contribution in [0.3, 0.4) is 0 Å². The molecule has 2 rings (SSSR count). The van der Waals surface area contributed by atoms with E-state index in [0.29, 0.717) is 18.8 Å². The van der Waals surface area contributed by atoms with Gasteiger partial charge in [-0.05, 0) is 32.4 Å². The van der Waals surface area contributed by atoms with E-state index in [2.05, 4.69) is 10.3 Å². The van der Waals surface area contributed by atoms with Crippen molar-refractivity contribution < 1.29 is 4.92 Å². The van der Waals surface area contributed by atoms with Crippen molar-refractivity contribution in [3.8, 4) is 0 Å². The van der Waals surface area contributed by atoms with E-state index in [1.165, 1.54) is 11.3 Å². The van der Waals surface area contributed by atoms with Crippen LogP contribution in [0.2, 0.25) is 0 Å². The van der Waals surface area contributed by atoms with Crippen LogP contribution in [0.1, 0.15) is 17.8 Å². The Kier molecular flexibility index (Phi) is 4.28. The molecular formula is C12H16N4O2S. The Morgan fingerprint density at radius 2 is 2.26 bits per heavy atom. The summed E-state index contributed by atoms with van der Waals surface area (Å²) < 4.78 is 0.844. The average Bonchev–Trinajstić information content (AvgIpc) is 2.72. The molecule has 0 radical (unpaired) electrons. The van der Waals surface area contributed by atoms with Crippen molar-refractivity contribution in [2.45, 2.75) is 19.8 Å². The molecule has 0 aliphatic carbocycles. The van der Waals surface area contributed by atoms with Crippen LogP contribution in [0.5, 0.6) is 0 Å². The van der Waals surface area contributed by atoms with Gasteiger partial charge in [0.2, 0.25) is 0 Å². The molecular weight excluding hydrogens is 264 g/mol. The molecule has 3 N–H and O–H groups in total. The van der Waals surface area contributed by atoms with Crippen LogP contribution in [0, 0.1) is 17.0 Å². The van der Waals surface area contributed by atoms with Crippen molar-refractivity contribution in [2.24, 2.45) is 5.73 Å². The van der Waals surface area contributed by atoms with E-state index in [4.69, 9.17) is 5.73 Å². The van der Waals surface area contributed by atoms with Gasteiger partial charge in [-0.1, -0.05) is 0 Å². The Hall–Kier alpha value is -1.73. The summed E-state index contributed by atoms with van der Waals surface area (Å²) in [7, 11) is 0. The van der Waals surface area contributed by atoms with E-state index in [9.17, 15) is 10.1 Å². The number of fused-ring (bicyclic) bond motifs is 1. The molecule has 0 aliphatic heterocycles. The Labute approximate surface area is 114 Å². The highest BCUT2D eigenvalue weighted by Gasteiger charge is 2.16. The highest BCUT2D eigenvalue weighted by molar-refractivity contribution is 7.18. The minimum absolute atomic E-state index is 0.101. The summed E-state index contributed by atoms with van der Waals surface area (Å²) >= 11 is 1.46. The summed E-state index contributed by atoms with van der Waals surface area (Å²) in [5, 5.41) is 15.1. The average molecular weight is 280 g/mol. The SMILES string of the molecule is Cc1nc2cc(NCCCCN)c([N+](=O)[O-])cc2s1. The number of nitrogens with zero attached hydrogens (tertiary/aromatic N) is 2. The molecule has 1 heterocycles. The number of hydrogen-bond donors (Lipinski definition) is 2. The fourth-order valence-electron chi connectivity index (χ4n) is 1.86. The molecule has 0 atom stereocenters. The fourth-order valence-corrected chi connectivity index (χ4v) is 2.71. The Morgan fingerprint density at radius 1 is 1.47 bits per heavy atom. The van der Waals surface area contributed by atoms with Crippen molar-refractivity contribution in [2.75, 3.05) is 18.4 Å². The van der Waals surface area contributed by atoms with E-state index < -0.39 is 0 Å². The number of unbranched alkanes of at least 4 members (excludes halogenated alkanes) is 1. The van der Waals surface area contributed by atoms with Crippen LogP contribution in [0.4, 0.5) is 11.4 Å². The molecule has 1 aromatic carbocycles. The number of aryl methyl sites for hydroxylation is 1. The second-order valence-electron chi connectivity index (χ2n) is 4.25. The van der Waals surface area contributed by atoms with Crippen molar-refractivity contribution in [1.29, 1.82) is 0 Å². The number of nitrogens with one attached hydrogen (secondary N) is 1. The topological polar surface area (TPSA) is 94.1 Å². The van der Waals surface area contributed by atoms with E-state index in [1.54, 1.807) is 12.1 Å². The molecule has 0 bridgehead atoms. The van der Waals surface area contributed by atoms with Gasteiger partial charge in [-0.15, -0.1) is 11.3 Å². The minimum atomic E-state index is -0.361. The number of nitro groups is 1. The summed E-state index contributed by atoms with van der Waals surface area (Å²) in [4.78, 5) is 15.1. The maximum absolute atomic E-state index is 11.1. The van der Waals surface area contributed by atoms with Crippen molar-refractivity contribution in [1.82, 2.24) is 4.98 Å². The largest absolute Gasteiger partial charge is 0.379 e. The standard InChI is InChI=1S/C12H16N4O2S/c1-8-15-10-6-9(14-5-3-2-4-13)11(16(17)18)7-12(10)19-8/h6-7,14H,2-5,13H2,1H3. The lowest BCUT2D eigenvalue weighted by atomic mass is 10.2. The molecule has 7 heteroatoms. The molecule has 0 unspecified atom stereocenters. The Balaban J connectivity index is 2.28. The number of anilines is 1. The molecule has 1 aromatic heterocycles. The molecule has 0 aliphatic rings. The Bertz CT molecular complexity index is 597. The number of nitro benzene ring substituents is 1. The van der Waals surface area contributed by atoms with E-state index >= 15 is 0 Å². The third-order valence-electron chi connectivity index (χ3n) is 2.76. The zero-order valence-corrected chi connectivity index (χ0v) is 11.5. The number of rotatable bonds is 6. The van der Waals surface area contributed by atoms with E-state index in [0.717, 1.165) is 28.1 Å². The van der Waals surface area contributed by atoms with Gasteiger partial charge in [-0.2, -0.15) is 0 Å². The quantitative estimate of drug-likeness (QED) is 0.482. The first-order valence-electron chi connectivity index (χ1n) is 6.11. The van der Waals surface area contributed by atoms with Gasteiger partial charge in [0, 0.05) is 12.6 Å². The van der Waals surface area contributed by atoms with Gasteiger partial charge in [0.15, 0.2) is 0 Å². The predicted octanol–water partition coefficient (Wildman–Crippen LogP) is 2.66. The van der Waals surface area contributed by atoms with Crippen LogP contribution in [0.15, 0.2) is 12.1 Å². The van der Waals surface area contributed by atoms with Gasteiger partial charge in [-0.3, -0.25) is 10.1 Å². The summed E-state index contributed by atoms with van der Waals surface area (Å²) in [5.41, 5.74) is 6.85. The fraction of sp³-hybridized carbons (Fsp3) is 0.417. The molecule has 19 heavy (non-hydrogen) atoms. The summed E-state index contributed by atoms with van der Waals surface area (Å²) in [5.74, 6) is 0. The van der Waals surface area contributed by atoms with Crippen LogP contribution in [-0.2, 0) is 0 Å². The maximum Gasteiger partial charge on any atom is 0.293 e. The first kappa shape index (κ1) is 13.7. The van der Waals surface area contributed by atoms with Crippen LogP contribution in [0.25, 0.3) is 10.2 Å². The second-order valence-corrected chi connectivity index (χ2v) is 5.48. The van der Waals surface area contributed by atoms with Gasteiger partial charge < -0.3 is 11.1 Å². The van der Waals surface area contributed by atoms with Gasteiger partial charge in [-0.25, -0.2) is 4.98 Å². The monoisotopic (exact) mass is 280 g/mol. The van der Waals surface area contributed by atoms with Crippen molar-refractivity contribution in [3.05, 3.63) is 27.3 Å². The lowest BCUT2D eigenvalue weighted by molar-refractivity contribution is -0.383. The third kappa shape index (κ3) is 3.18. The number of aromatic nitrogens is 1. The first-order chi connectivity index (χ1) is 9.11. The zero-order valence-electron chi connectivity index (χ0n) is 10.7. The first-order valence-corrected chi connectivity index (χ1v) is 6.93. The molecule has 102 valence electrons. The highest BCUT2D eigenvalue weighted by Crippen LogP contribution is 2.32. The van der Waals surface area contributed by atoms with Crippen molar-refractivity contribution in [3.63, 3.8) is 0 Å². The summed E-state index contributed by atoms with van der Waals surface area (Å²) in [6.07, 6.45) is 1.79. The molecule has 0 saturated carbocycles. The number of thiazole rings is 1. The van der Waals surface area contributed by atoms with Gasteiger partial charge >= 0.3 is 0 Å².